The van der Waals surface area contributed by atoms with Gasteiger partial charge in [-0.3, -0.25) is 0 Å². The molecule has 0 aliphatic carbocycles. The highest BCUT2D eigenvalue weighted by atomic mass is 79.9. The van der Waals surface area contributed by atoms with Gasteiger partial charge in [0, 0.05) is 0 Å². The van der Waals surface area contributed by atoms with Gasteiger partial charge in [0.25, 0.3) is 0 Å². The molecule has 0 radical (unpaired) electrons. The van der Waals surface area contributed by atoms with Gasteiger partial charge in [-0.1, -0.05) is 28.4 Å². The molecule has 3 N–H and O–H groups in total. The van der Waals surface area contributed by atoms with Crippen LogP contribution in [0.3, 0.4) is 0 Å². The van der Waals surface area contributed by atoms with Crippen molar-refractivity contribution in [3.63, 3.8) is 0 Å². The van der Waals surface area contributed by atoms with E-state index >= 15 is 0 Å². The molecular formula is C8H15BrN2. The highest BCUT2D eigenvalue weighted by molar-refractivity contribution is 9.09. The molecule has 0 saturated carbocycles. The predicted molar refractivity (Wildman–Crippen MR) is 51.3 cm³/mol. The minimum absolute atomic E-state index is 0.375. The van der Waals surface area contributed by atoms with Gasteiger partial charge in [0.1, 0.15) is 0 Å². The minimum atomic E-state index is 0.375. The van der Waals surface area contributed by atoms with E-state index < -0.39 is 0 Å². The molecule has 0 saturated heterocycles. The van der Waals surface area contributed by atoms with Crippen molar-refractivity contribution in [2.75, 3.05) is 6.54 Å². The van der Waals surface area contributed by atoms with Crippen LogP contribution in [0.5, 0.6) is 0 Å². The lowest BCUT2D eigenvalue weighted by Crippen LogP contribution is -2.39. The molecule has 3 heteroatoms. The fourth-order valence-electron chi connectivity index (χ4n) is 1.49. The Bertz CT molecular complexity index is 167. The van der Waals surface area contributed by atoms with Crippen molar-refractivity contribution in [1.29, 1.82) is 0 Å². The standard InChI is InChI=1S/C8H15BrN2/c1-5-4-11-8(9)6(2)7(5)3-10/h4,6-8,11H,3,10H2,1-2H3/t6-,7-,8-/m0/s1. The fraction of sp³-hybridized carbons (Fsp3) is 0.750. The fourth-order valence-corrected chi connectivity index (χ4v) is 1.99. The highest BCUT2D eigenvalue weighted by Gasteiger charge is 2.26. The van der Waals surface area contributed by atoms with Gasteiger partial charge in [-0.05, 0) is 31.5 Å². The molecule has 2 nitrogen and oxygen atoms in total. The van der Waals surface area contributed by atoms with Gasteiger partial charge in [-0.25, -0.2) is 0 Å². The van der Waals surface area contributed by atoms with E-state index in [1.165, 1.54) is 5.57 Å². The number of hydrogen-bond donors (Lipinski definition) is 2. The van der Waals surface area contributed by atoms with Crippen molar-refractivity contribution >= 4 is 15.9 Å². The number of nitrogens with two attached hydrogens (primary N) is 1. The Morgan fingerprint density at radius 2 is 2.36 bits per heavy atom. The molecule has 1 aliphatic rings. The summed E-state index contributed by atoms with van der Waals surface area (Å²) in [6.45, 7) is 5.08. The second kappa shape index (κ2) is 3.59. The summed E-state index contributed by atoms with van der Waals surface area (Å²) in [4.78, 5) is 0.375. The zero-order chi connectivity index (χ0) is 8.43. The van der Waals surface area contributed by atoms with Crippen LogP contribution in [0.1, 0.15) is 13.8 Å². The summed E-state index contributed by atoms with van der Waals surface area (Å²) in [5, 5.41) is 3.24. The van der Waals surface area contributed by atoms with Crippen molar-refractivity contribution in [2.45, 2.75) is 18.8 Å². The van der Waals surface area contributed by atoms with E-state index in [9.17, 15) is 0 Å². The monoisotopic (exact) mass is 218 g/mol. The van der Waals surface area contributed by atoms with Crippen LogP contribution in [-0.2, 0) is 0 Å². The molecular weight excluding hydrogens is 204 g/mol. The SMILES string of the molecule is CC1=CN[C@H](Br)[C@@H](C)[C@H]1CN. The van der Waals surface area contributed by atoms with E-state index in [1.807, 2.05) is 0 Å². The largest absolute Gasteiger partial charge is 0.378 e. The Balaban J connectivity index is 2.72. The predicted octanol–water partition coefficient (Wildman–Crippen LogP) is 1.43. The third-order valence-electron chi connectivity index (χ3n) is 2.41. The summed E-state index contributed by atoms with van der Waals surface area (Å²) in [7, 11) is 0. The molecule has 3 atom stereocenters. The van der Waals surface area contributed by atoms with Crippen LogP contribution in [0.15, 0.2) is 11.8 Å². The van der Waals surface area contributed by atoms with Crippen LogP contribution in [-0.4, -0.2) is 11.5 Å². The van der Waals surface area contributed by atoms with E-state index in [0.717, 1.165) is 6.54 Å². The third kappa shape index (κ3) is 1.76. The van der Waals surface area contributed by atoms with E-state index in [4.69, 9.17) is 5.73 Å². The van der Waals surface area contributed by atoms with Crippen LogP contribution >= 0.6 is 15.9 Å². The summed E-state index contributed by atoms with van der Waals surface area (Å²) in [5.74, 6) is 1.10. The second-order valence-corrected chi connectivity index (χ2v) is 4.14. The van der Waals surface area contributed by atoms with Gasteiger partial charge in [-0.2, -0.15) is 0 Å². The first-order valence-electron chi connectivity index (χ1n) is 3.93. The third-order valence-corrected chi connectivity index (χ3v) is 3.50. The molecule has 1 rings (SSSR count). The summed E-state index contributed by atoms with van der Waals surface area (Å²) in [6.07, 6.45) is 2.05. The number of alkyl halides is 1. The van der Waals surface area contributed by atoms with Crippen molar-refractivity contribution in [1.82, 2.24) is 5.32 Å². The van der Waals surface area contributed by atoms with E-state index in [0.29, 0.717) is 16.8 Å². The van der Waals surface area contributed by atoms with Gasteiger partial charge >= 0.3 is 0 Å². The minimum Gasteiger partial charge on any atom is -0.378 e. The average molecular weight is 219 g/mol. The van der Waals surface area contributed by atoms with Crippen LogP contribution < -0.4 is 11.1 Å². The van der Waals surface area contributed by atoms with Crippen LogP contribution in [0.4, 0.5) is 0 Å². The molecule has 0 spiro atoms. The number of hydrogen-bond acceptors (Lipinski definition) is 2. The van der Waals surface area contributed by atoms with Gasteiger partial charge in [-0.15, -0.1) is 0 Å². The Morgan fingerprint density at radius 1 is 1.73 bits per heavy atom. The lowest BCUT2D eigenvalue weighted by atomic mass is 9.86. The van der Waals surface area contributed by atoms with Gasteiger partial charge in [0.05, 0.1) is 4.95 Å². The molecule has 0 aromatic rings. The Labute approximate surface area is 76.4 Å². The number of nitrogens with one attached hydrogen (secondary N) is 1. The van der Waals surface area contributed by atoms with E-state index in [1.54, 1.807) is 0 Å². The number of rotatable bonds is 1. The van der Waals surface area contributed by atoms with Crippen molar-refractivity contribution in [3.8, 4) is 0 Å². The van der Waals surface area contributed by atoms with E-state index in [2.05, 4.69) is 41.3 Å². The zero-order valence-corrected chi connectivity index (χ0v) is 8.56. The van der Waals surface area contributed by atoms with Crippen LogP contribution in [0.25, 0.3) is 0 Å². The van der Waals surface area contributed by atoms with Gasteiger partial charge in [0.15, 0.2) is 0 Å². The van der Waals surface area contributed by atoms with Gasteiger partial charge in [0.2, 0.25) is 0 Å². The maximum atomic E-state index is 5.66. The normalized spacial score (nSPS) is 37.8. The molecule has 64 valence electrons. The number of halogens is 1. The molecule has 1 heterocycles. The lowest BCUT2D eigenvalue weighted by Gasteiger charge is -2.32. The molecule has 1 aliphatic heterocycles. The first kappa shape index (κ1) is 9.07. The highest BCUT2D eigenvalue weighted by Crippen LogP contribution is 2.28. The average Bonchev–Trinajstić information content (AvgIpc) is 1.99. The van der Waals surface area contributed by atoms with Crippen molar-refractivity contribution in [3.05, 3.63) is 11.8 Å². The Morgan fingerprint density at radius 3 is 2.82 bits per heavy atom. The topological polar surface area (TPSA) is 38.0 Å². The van der Waals surface area contributed by atoms with Crippen molar-refractivity contribution in [2.24, 2.45) is 17.6 Å². The quantitative estimate of drug-likeness (QED) is 0.517. The molecule has 0 amide bonds. The summed E-state index contributed by atoms with van der Waals surface area (Å²) < 4.78 is 0. The second-order valence-electron chi connectivity index (χ2n) is 3.16. The molecule has 0 unspecified atom stereocenters. The Hall–Kier alpha value is -0.0200. The van der Waals surface area contributed by atoms with Crippen molar-refractivity contribution < 1.29 is 0 Å². The van der Waals surface area contributed by atoms with Crippen LogP contribution in [0.2, 0.25) is 0 Å². The van der Waals surface area contributed by atoms with E-state index in [-0.39, 0.29) is 0 Å². The molecule has 0 aromatic carbocycles. The smallest absolute Gasteiger partial charge is 0.0845 e. The zero-order valence-electron chi connectivity index (χ0n) is 6.97. The summed E-state index contributed by atoms with van der Waals surface area (Å²) in [5.41, 5.74) is 7.01. The maximum Gasteiger partial charge on any atom is 0.0845 e. The lowest BCUT2D eigenvalue weighted by molar-refractivity contribution is 0.368. The molecule has 11 heavy (non-hydrogen) atoms. The summed E-state index contributed by atoms with van der Waals surface area (Å²) in [6, 6.07) is 0. The molecule has 0 aromatic heterocycles. The first-order chi connectivity index (χ1) is 5.16. The summed E-state index contributed by atoms with van der Waals surface area (Å²) >= 11 is 3.55. The molecule has 0 bridgehead atoms. The van der Waals surface area contributed by atoms with Crippen LogP contribution in [0, 0.1) is 11.8 Å². The first-order valence-corrected chi connectivity index (χ1v) is 4.85. The Kier molecular flexibility index (Phi) is 2.96. The molecule has 0 fully saturated rings. The van der Waals surface area contributed by atoms with Gasteiger partial charge < -0.3 is 11.1 Å². The maximum absolute atomic E-state index is 5.66.